The topological polar surface area (TPSA) is 83.4 Å². The van der Waals surface area contributed by atoms with Crippen LogP contribution in [0.4, 0.5) is 9.52 Å². The Balaban J connectivity index is 1.93. The lowest BCUT2D eigenvalue weighted by Crippen LogP contribution is -2.29. The van der Waals surface area contributed by atoms with Crippen LogP contribution < -0.4 is 4.90 Å². The molecule has 1 N–H and O–H groups in total. The number of aliphatic hydroxyl groups is 1. The van der Waals surface area contributed by atoms with E-state index < -0.39 is 23.5 Å². The number of ketones is 1. The molecule has 1 unspecified atom stereocenters. The van der Waals surface area contributed by atoms with Crippen molar-refractivity contribution >= 4 is 33.9 Å². The van der Waals surface area contributed by atoms with Crippen LogP contribution in [0.25, 0.3) is 5.76 Å². The van der Waals surface area contributed by atoms with E-state index in [1.54, 1.807) is 12.1 Å². The molecule has 1 aliphatic rings. The number of carbonyl (C=O) groups excluding carboxylic acids is 2. The predicted molar refractivity (Wildman–Crippen MR) is 102 cm³/mol. The number of hydrogen-bond donors (Lipinski definition) is 1. The Kier molecular flexibility index (Phi) is 4.48. The van der Waals surface area contributed by atoms with Crippen LogP contribution in [0.1, 0.15) is 22.7 Å². The Morgan fingerprint density at radius 2 is 1.79 bits per heavy atom. The highest BCUT2D eigenvalue weighted by Gasteiger charge is 2.48. The van der Waals surface area contributed by atoms with Gasteiger partial charge in [0.2, 0.25) is 5.13 Å². The quantitative estimate of drug-likeness (QED) is 0.416. The number of anilines is 1. The van der Waals surface area contributed by atoms with Crippen molar-refractivity contribution in [3.63, 3.8) is 0 Å². The number of aromatic nitrogens is 2. The minimum Gasteiger partial charge on any atom is -0.507 e. The average molecular weight is 395 g/mol. The van der Waals surface area contributed by atoms with Gasteiger partial charge in [-0.3, -0.25) is 14.5 Å². The zero-order chi connectivity index (χ0) is 19.8. The molecule has 1 aromatic heterocycles. The molecule has 0 radical (unpaired) electrons. The number of Topliss-reactive ketones (excluding diaryl/α,β-unsaturated/α-hetero) is 1. The molecule has 3 aromatic rings. The lowest BCUT2D eigenvalue weighted by atomic mass is 9.95. The molecule has 0 saturated carbocycles. The number of benzene rings is 2. The highest BCUT2D eigenvalue weighted by atomic mass is 32.1. The Hall–Kier alpha value is -3.39. The van der Waals surface area contributed by atoms with Crippen LogP contribution in [0.5, 0.6) is 0 Å². The Morgan fingerprint density at radius 1 is 1.11 bits per heavy atom. The maximum Gasteiger partial charge on any atom is 0.301 e. The normalized spacial score (nSPS) is 18.6. The predicted octanol–water partition coefficient (Wildman–Crippen LogP) is 3.61. The molecule has 140 valence electrons. The largest absolute Gasteiger partial charge is 0.507 e. The summed E-state index contributed by atoms with van der Waals surface area (Å²) in [5.41, 5.74) is 3.28. The summed E-state index contributed by atoms with van der Waals surface area (Å²) in [7, 11) is 0. The van der Waals surface area contributed by atoms with Crippen LogP contribution in [0.3, 0.4) is 0 Å². The van der Waals surface area contributed by atoms with E-state index in [9.17, 15) is 19.1 Å². The van der Waals surface area contributed by atoms with Gasteiger partial charge in [-0.05, 0) is 36.8 Å². The molecule has 28 heavy (non-hydrogen) atoms. The summed E-state index contributed by atoms with van der Waals surface area (Å²) in [6, 6.07) is 11.5. The maximum absolute atomic E-state index is 13.3. The first-order chi connectivity index (χ1) is 13.5. The van der Waals surface area contributed by atoms with E-state index in [0.29, 0.717) is 5.56 Å². The van der Waals surface area contributed by atoms with Gasteiger partial charge in [-0.1, -0.05) is 41.2 Å². The van der Waals surface area contributed by atoms with Crippen molar-refractivity contribution in [3.8, 4) is 0 Å². The molecular formula is C20H14FN3O3S. The molecule has 2 heterocycles. The van der Waals surface area contributed by atoms with Gasteiger partial charge in [-0.2, -0.15) is 0 Å². The van der Waals surface area contributed by atoms with Crippen LogP contribution in [0.2, 0.25) is 0 Å². The molecule has 1 amide bonds. The Morgan fingerprint density at radius 3 is 2.39 bits per heavy atom. The number of hydrogen-bond acceptors (Lipinski definition) is 6. The van der Waals surface area contributed by atoms with E-state index >= 15 is 0 Å². The number of amides is 1. The lowest BCUT2D eigenvalue weighted by Gasteiger charge is -2.22. The molecule has 1 atom stereocenters. The van der Waals surface area contributed by atoms with Gasteiger partial charge in [0, 0.05) is 5.56 Å². The first-order valence-corrected chi connectivity index (χ1v) is 9.25. The van der Waals surface area contributed by atoms with Crippen LogP contribution in [-0.2, 0) is 9.59 Å². The van der Waals surface area contributed by atoms with Crippen LogP contribution in [0, 0.1) is 12.7 Å². The van der Waals surface area contributed by atoms with Crippen molar-refractivity contribution in [2.24, 2.45) is 0 Å². The van der Waals surface area contributed by atoms with Crippen molar-refractivity contribution < 1.29 is 19.1 Å². The summed E-state index contributed by atoms with van der Waals surface area (Å²) < 4.78 is 13.3. The molecule has 1 saturated heterocycles. The summed E-state index contributed by atoms with van der Waals surface area (Å²) in [6.45, 7) is 1.92. The molecule has 6 nitrogen and oxygen atoms in total. The molecule has 1 fully saturated rings. The average Bonchev–Trinajstić information content (AvgIpc) is 3.30. The van der Waals surface area contributed by atoms with Crippen molar-refractivity contribution in [1.82, 2.24) is 10.2 Å². The van der Waals surface area contributed by atoms with Crippen molar-refractivity contribution in [2.75, 3.05) is 4.90 Å². The summed E-state index contributed by atoms with van der Waals surface area (Å²) in [5.74, 6) is -2.47. The number of aryl methyl sites for hydroxylation is 1. The number of nitrogens with zero attached hydrogens (tertiary/aromatic N) is 3. The van der Waals surface area contributed by atoms with Gasteiger partial charge in [-0.25, -0.2) is 4.39 Å². The molecule has 0 spiro atoms. The second kappa shape index (κ2) is 6.97. The minimum absolute atomic E-state index is 0.0735. The van der Waals surface area contributed by atoms with Crippen LogP contribution in [-0.4, -0.2) is 27.0 Å². The Labute approximate surface area is 163 Å². The monoisotopic (exact) mass is 395 g/mol. The smallest absolute Gasteiger partial charge is 0.301 e. The number of halogens is 1. The van der Waals surface area contributed by atoms with Gasteiger partial charge in [0.25, 0.3) is 5.78 Å². The number of aliphatic hydroxyl groups excluding tert-OH is 1. The van der Waals surface area contributed by atoms with E-state index in [0.717, 1.165) is 16.9 Å². The molecule has 2 aromatic carbocycles. The third kappa shape index (κ3) is 2.97. The highest BCUT2D eigenvalue weighted by molar-refractivity contribution is 7.13. The van der Waals surface area contributed by atoms with Crippen LogP contribution >= 0.6 is 11.3 Å². The Bertz CT molecular complexity index is 1080. The lowest BCUT2D eigenvalue weighted by molar-refractivity contribution is -0.132. The molecule has 0 aliphatic carbocycles. The van der Waals surface area contributed by atoms with Crippen molar-refractivity contribution in [1.29, 1.82) is 0 Å². The first-order valence-electron chi connectivity index (χ1n) is 8.37. The number of rotatable bonds is 3. The van der Waals surface area contributed by atoms with Gasteiger partial charge < -0.3 is 5.11 Å². The third-order valence-corrected chi connectivity index (χ3v) is 5.20. The minimum atomic E-state index is -0.862. The second-order valence-electron chi connectivity index (χ2n) is 6.31. The van der Waals surface area contributed by atoms with E-state index in [1.165, 1.54) is 34.7 Å². The van der Waals surface area contributed by atoms with E-state index in [4.69, 9.17) is 0 Å². The van der Waals surface area contributed by atoms with E-state index in [1.807, 2.05) is 19.1 Å². The molecule has 4 rings (SSSR count). The zero-order valence-corrected chi connectivity index (χ0v) is 15.5. The van der Waals surface area contributed by atoms with Gasteiger partial charge in [0.15, 0.2) is 0 Å². The fraction of sp³-hybridized carbons (Fsp3) is 0.100. The highest BCUT2D eigenvalue weighted by Crippen LogP contribution is 2.42. The fourth-order valence-electron chi connectivity index (χ4n) is 3.13. The number of carbonyl (C=O) groups is 2. The summed E-state index contributed by atoms with van der Waals surface area (Å²) >= 11 is 1.12. The van der Waals surface area contributed by atoms with E-state index in [-0.39, 0.29) is 22.0 Å². The van der Waals surface area contributed by atoms with Crippen molar-refractivity contribution in [2.45, 2.75) is 13.0 Å². The molecule has 1 aliphatic heterocycles. The summed E-state index contributed by atoms with van der Waals surface area (Å²) in [4.78, 5) is 26.8. The van der Waals surface area contributed by atoms with Crippen molar-refractivity contribution in [3.05, 3.63) is 82.1 Å². The SMILES string of the molecule is Cc1ccc(C2/C(=C(\O)c3ccc(F)cc3)C(=O)C(=O)N2c2nncs2)cc1. The first kappa shape index (κ1) is 18.0. The van der Waals surface area contributed by atoms with Gasteiger partial charge in [-0.15, -0.1) is 10.2 Å². The fourth-order valence-corrected chi connectivity index (χ4v) is 3.71. The van der Waals surface area contributed by atoms with Gasteiger partial charge in [0.1, 0.15) is 17.1 Å². The molecular weight excluding hydrogens is 381 g/mol. The summed E-state index contributed by atoms with van der Waals surface area (Å²) in [6.07, 6.45) is 0. The standard InChI is InChI=1S/C20H14FN3O3S/c1-11-2-4-12(5-3-11)16-15(17(25)13-6-8-14(21)9-7-13)18(26)19(27)24(16)20-23-22-10-28-20/h2-10,16,25H,1H3/b17-15+. The van der Waals surface area contributed by atoms with Crippen LogP contribution in [0.15, 0.2) is 59.6 Å². The van der Waals surface area contributed by atoms with E-state index in [2.05, 4.69) is 10.2 Å². The van der Waals surface area contributed by atoms with Gasteiger partial charge >= 0.3 is 5.91 Å². The zero-order valence-electron chi connectivity index (χ0n) is 14.7. The third-order valence-electron chi connectivity index (χ3n) is 4.51. The summed E-state index contributed by atoms with van der Waals surface area (Å²) in [5, 5.41) is 18.8. The second-order valence-corrected chi connectivity index (χ2v) is 7.12. The molecule has 0 bridgehead atoms. The molecule has 8 heteroatoms. The maximum atomic E-state index is 13.3. The van der Waals surface area contributed by atoms with Gasteiger partial charge in [0.05, 0.1) is 11.6 Å².